The summed E-state index contributed by atoms with van der Waals surface area (Å²) in [6.07, 6.45) is 1.26. The SMILES string of the molecule is CCOC(=O)N1CCN(c2cc(Nc3ccc(OC)c(OC)c3)ncn2)CC1. The lowest BCUT2D eigenvalue weighted by molar-refractivity contribution is 0.105. The smallest absolute Gasteiger partial charge is 0.409 e. The van der Waals surface area contributed by atoms with E-state index in [1.54, 1.807) is 19.1 Å². The Morgan fingerprint density at radius 3 is 2.50 bits per heavy atom. The first-order chi connectivity index (χ1) is 13.6. The van der Waals surface area contributed by atoms with E-state index in [1.165, 1.54) is 6.33 Å². The van der Waals surface area contributed by atoms with Gasteiger partial charge in [-0.2, -0.15) is 0 Å². The standard InChI is InChI=1S/C19H25N5O4/c1-4-28-19(25)24-9-7-23(8-10-24)18-12-17(20-13-21-18)22-14-5-6-15(26-2)16(11-14)27-3/h5-6,11-13H,4,7-10H2,1-3H3,(H,20,21,22). The number of carbonyl (C=O) groups excluding carboxylic acids is 1. The maximum absolute atomic E-state index is 11.8. The van der Waals surface area contributed by atoms with Gasteiger partial charge in [0.1, 0.15) is 18.0 Å². The summed E-state index contributed by atoms with van der Waals surface area (Å²) in [6.45, 7) is 4.76. The van der Waals surface area contributed by atoms with E-state index in [0.717, 1.165) is 11.5 Å². The lowest BCUT2D eigenvalue weighted by Crippen LogP contribution is -2.49. The number of carbonyl (C=O) groups is 1. The Kier molecular flexibility index (Phi) is 6.36. The van der Waals surface area contributed by atoms with Crippen LogP contribution in [0.5, 0.6) is 11.5 Å². The summed E-state index contributed by atoms with van der Waals surface area (Å²) in [5.74, 6) is 2.78. The molecular weight excluding hydrogens is 362 g/mol. The molecule has 0 unspecified atom stereocenters. The lowest BCUT2D eigenvalue weighted by Gasteiger charge is -2.34. The first-order valence-electron chi connectivity index (χ1n) is 9.12. The molecule has 2 heterocycles. The molecule has 0 saturated carbocycles. The molecule has 0 atom stereocenters. The van der Waals surface area contributed by atoms with Gasteiger partial charge in [-0.3, -0.25) is 0 Å². The largest absolute Gasteiger partial charge is 0.493 e. The van der Waals surface area contributed by atoms with Gasteiger partial charge < -0.3 is 29.3 Å². The van der Waals surface area contributed by atoms with E-state index in [0.29, 0.717) is 50.1 Å². The molecule has 1 aliphatic heterocycles. The Bertz CT molecular complexity index is 809. The van der Waals surface area contributed by atoms with Crippen LogP contribution in [0.4, 0.5) is 22.1 Å². The Balaban J connectivity index is 1.66. The van der Waals surface area contributed by atoms with Gasteiger partial charge in [-0.05, 0) is 19.1 Å². The van der Waals surface area contributed by atoms with Crippen LogP contribution in [-0.2, 0) is 4.74 Å². The normalized spacial score (nSPS) is 13.8. The minimum absolute atomic E-state index is 0.263. The van der Waals surface area contributed by atoms with Gasteiger partial charge >= 0.3 is 6.09 Å². The fourth-order valence-electron chi connectivity index (χ4n) is 2.98. The number of ether oxygens (including phenoxy) is 3. The number of piperazine rings is 1. The van der Waals surface area contributed by atoms with E-state index in [9.17, 15) is 4.79 Å². The summed E-state index contributed by atoms with van der Waals surface area (Å²) in [4.78, 5) is 24.3. The minimum Gasteiger partial charge on any atom is -0.493 e. The zero-order valence-electron chi connectivity index (χ0n) is 16.3. The van der Waals surface area contributed by atoms with Crippen molar-refractivity contribution in [2.24, 2.45) is 0 Å². The van der Waals surface area contributed by atoms with Crippen molar-refractivity contribution in [3.8, 4) is 11.5 Å². The first-order valence-corrected chi connectivity index (χ1v) is 9.12. The third kappa shape index (κ3) is 4.54. The van der Waals surface area contributed by atoms with Crippen molar-refractivity contribution in [1.82, 2.24) is 14.9 Å². The van der Waals surface area contributed by atoms with Crippen molar-refractivity contribution in [2.45, 2.75) is 6.92 Å². The number of amides is 1. The molecule has 9 heteroatoms. The van der Waals surface area contributed by atoms with Crippen molar-refractivity contribution < 1.29 is 19.0 Å². The highest BCUT2D eigenvalue weighted by Crippen LogP contribution is 2.31. The number of anilines is 3. The van der Waals surface area contributed by atoms with Crippen LogP contribution < -0.4 is 19.7 Å². The topological polar surface area (TPSA) is 89.1 Å². The van der Waals surface area contributed by atoms with Crippen LogP contribution in [0.3, 0.4) is 0 Å². The second kappa shape index (κ2) is 9.12. The number of methoxy groups -OCH3 is 2. The predicted molar refractivity (Wildman–Crippen MR) is 106 cm³/mol. The Morgan fingerprint density at radius 2 is 1.82 bits per heavy atom. The number of nitrogens with one attached hydrogen (secondary N) is 1. The highest BCUT2D eigenvalue weighted by molar-refractivity contribution is 5.68. The van der Waals surface area contributed by atoms with E-state index in [2.05, 4.69) is 20.2 Å². The second-order valence-corrected chi connectivity index (χ2v) is 6.13. The zero-order valence-corrected chi connectivity index (χ0v) is 16.3. The van der Waals surface area contributed by atoms with E-state index in [4.69, 9.17) is 14.2 Å². The minimum atomic E-state index is -0.263. The van der Waals surface area contributed by atoms with Gasteiger partial charge in [0.25, 0.3) is 0 Å². The van der Waals surface area contributed by atoms with Gasteiger partial charge in [0.05, 0.1) is 20.8 Å². The monoisotopic (exact) mass is 387 g/mol. The van der Waals surface area contributed by atoms with Gasteiger partial charge in [0.2, 0.25) is 0 Å². The molecule has 0 spiro atoms. The second-order valence-electron chi connectivity index (χ2n) is 6.13. The van der Waals surface area contributed by atoms with Crippen LogP contribution in [0.2, 0.25) is 0 Å². The third-order valence-electron chi connectivity index (χ3n) is 4.44. The summed E-state index contributed by atoms with van der Waals surface area (Å²) in [7, 11) is 3.20. The highest BCUT2D eigenvalue weighted by atomic mass is 16.6. The van der Waals surface area contributed by atoms with Gasteiger partial charge in [-0.1, -0.05) is 0 Å². The summed E-state index contributed by atoms with van der Waals surface area (Å²) in [6, 6.07) is 7.45. The third-order valence-corrected chi connectivity index (χ3v) is 4.44. The van der Waals surface area contributed by atoms with E-state index >= 15 is 0 Å². The van der Waals surface area contributed by atoms with Crippen molar-refractivity contribution in [3.05, 3.63) is 30.6 Å². The van der Waals surface area contributed by atoms with Crippen molar-refractivity contribution >= 4 is 23.4 Å². The van der Waals surface area contributed by atoms with E-state index < -0.39 is 0 Å². The van der Waals surface area contributed by atoms with Crippen LogP contribution in [-0.4, -0.2) is 68.0 Å². The number of rotatable bonds is 6. The molecule has 9 nitrogen and oxygen atoms in total. The van der Waals surface area contributed by atoms with Gasteiger partial charge in [-0.15, -0.1) is 0 Å². The molecule has 3 rings (SSSR count). The molecule has 1 aromatic heterocycles. The van der Waals surface area contributed by atoms with Crippen LogP contribution in [0, 0.1) is 0 Å². The molecule has 1 amide bonds. The molecule has 0 bridgehead atoms. The van der Waals surface area contributed by atoms with E-state index in [1.807, 2.05) is 31.2 Å². The quantitative estimate of drug-likeness (QED) is 0.809. The summed E-state index contributed by atoms with van der Waals surface area (Å²) in [5.41, 5.74) is 0.828. The molecule has 1 fully saturated rings. The maximum atomic E-state index is 11.8. The van der Waals surface area contributed by atoms with E-state index in [-0.39, 0.29) is 6.09 Å². The van der Waals surface area contributed by atoms with Crippen LogP contribution in [0.25, 0.3) is 0 Å². The van der Waals surface area contributed by atoms with Gasteiger partial charge in [0.15, 0.2) is 11.5 Å². The Hall–Kier alpha value is -3.23. The van der Waals surface area contributed by atoms with Gasteiger partial charge in [0, 0.05) is 44.0 Å². The molecule has 150 valence electrons. The first kappa shape index (κ1) is 19.5. The Morgan fingerprint density at radius 1 is 1.07 bits per heavy atom. The average molecular weight is 387 g/mol. The summed E-state index contributed by atoms with van der Waals surface area (Å²) < 4.78 is 15.6. The highest BCUT2D eigenvalue weighted by Gasteiger charge is 2.22. The Labute approximate surface area is 164 Å². The van der Waals surface area contributed by atoms with Crippen LogP contribution >= 0.6 is 0 Å². The number of nitrogens with zero attached hydrogens (tertiary/aromatic N) is 4. The molecular formula is C19H25N5O4. The number of aromatic nitrogens is 2. The number of hydrogen-bond acceptors (Lipinski definition) is 8. The fourth-order valence-corrected chi connectivity index (χ4v) is 2.98. The van der Waals surface area contributed by atoms with Gasteiger partial charge in [-0.25, -0.2) is 14.8 Å². The zero-order chi connectivity index (χ0) is 19.9. The van der Waals surface area contributed by atoms with Crippen LogP contribution in [0.1, 0.15) is 6.92 Å². The van der Waals surface area contributed by atoms with Crippen molar-refractivity contribution in [3.63, 3.8) is 0 Å². The molecule has 1 saturated heterocycles. The maximum Gasteiger partial charge on any atom is 0.409 e. The molecule has 1 aliphatic rings. The summed E-state index contributed by atoms with van der Waals surface area (Å²) >= 11 is 0. The number of hydrogen-bond donors (Lipinski definition) is 1. The molecule has 1 N–H and O–H groups in total. The lowest BCUT2D eigenvalue weighted by atomic mass is 10.2. The molecule has 28 heavy (non-hydrogen) atoms. The predicted octanol–water partition coefficient (Wildman–Crippen LogP) is 2.52. The molecule has 1 aromatic carbocycles. The summed E-state index contributed by atoms with van der Waals surface area (Å²) in [5, 5.41) is 3.26. The number of benzene rings is 1. The molecule has 0 aliphatic carbocycles. The van der Waals surface area contributed by atoms with Crippen molar-refractivity contribution in [1.29, 1.82) is 0 Å². The van der Waals surface area contributed by atoms with Crippen molar-refractivity contribution in [2.75, 3.05) is 57.2 Å². The molecule has 2 aromatic rings. The molecule has 0 radical (unpaired) electrons. The fraction of sp³-hybridized carbons (Fsp3) is 0.421. The average Bonchev–Trinajstić information content (AvgIpc) is 2.74. The van der Waals surface area contributed by atoms with Crippen LogP contribution in [0.15, 0.2) is 30.6 Å².